The van der Waals surface area contributed by atoms with Crippen LogP contribution in [0.2, 0.25) is 4.34 Å². The topological polar surface area (TPSA) is 43.4 Å². The number of hydrogen-bond acceptors (Lipinski definition) is 5. The number of methoxy groups -OCH3 is 1. The van der Waals surface area contributed by atoms with Gasteiger partial charge in [0.1, 0.15) is 9.34 Å². The molecule has 108 valence electrons. The molecule has 0 spiro atoms. The van der Waals surface area contributed by atoms with Crippen molar-refractivity contribution < 1.29 is 18.3 Å². The molecule has 0 aliphatic heterocycles. The molecule has 1 aromatic heterocycles. The standard InChI is InChI=1S/C12H11ClF2N2O2S/c1-18-8-3-2-7(4-9(8)19-12(14)15)16-6-11-17-5-10(13)20-11/h2-5,12,16H,6H2,1H3. The van der Waals surface area contributed by atoms with E-state index in [0.717, 1.165) is 5.01 Å². The van der Waals surface area contributed by atoms with Gasteiger partial charge in [-0.05, 0) is 12.1 Å². The zero-order valence-corrected chi connectivity index (χ0v) is 12.0. The van der Waals surface area contributed by atoms with Crippen molar-refractivity contribution in [3.63, 3.8) is 0 Å². The van der Waals surface area contributed by atoms with Crippen LogP contribution in [0.5, 0.6) is 11.5 Å². The minimum atomic E-state index is -2.91. The lowest BCUT2D eigenvalue weighted by Gasteiger charge is -2.12. The third-order valence-corrected chi connectivity index (χ3v) is 3.46. The van der Waals surface area contributed by atoms with E-state index in [-0.39, 0.29) is 11.5 Å². The fourth-order valence-corrected chi connectivity index (χ4v) is 2.42. The fourth-order valence-electron chi connectivity index (χ4n) is 1.52. The molecule has 2 rings (SSSR count). The van der Waals surface area contributed by atoms with Crippen molar-refractivity contribution >= 4 is 28.6 Å². The Hall–Kier alpha value is -1.60. The highest BCUT2D eigenvalue weighted by molar-refractivity contribution is 7.15. The normalized spacial score (nSPS) is 10.7. The molecule has 20 heavy (non-hydrogen) atoms. The second kappa shape index (κ2) is 6.71. The van der Waals surface area contributed by atoms with Gasteiger partial charge in [-0.2, -0.15) is 8.78 Å². The Balaban J connectivity index is 2.07. The second-order valence-corrected chi connectivity index (χ2v) is 5.40. The molecule has 1 heterocycles. The van der Waals surface area contributed by atoms with Crippen LogP contribution in [0.4, 0.5) is 14.5 Å². The van der Waals surface area contributed by atoms with Crippen molar-refractivity contribution in [3.8, 4) is 11.5 Å². The van der Waals surface area contributed by atoms with Crippen molar-refractivity contribution in [3.05, 3.63) is 33.7 Å². The van der Waals surface area contributed by atoms with Crippen LogP contribution in [0.3, 0.4) is 0 Å². The summed E-state index contributed by atoms with van der Waals surface area (Å²) < 4.78 is 34.6. The van der Waals surface area contributed by atoms with Crippen molar-refractivity contribution in [1.29, 1.82) is 0 Å². The lowest BCUT2D eigenvalue weighted by atomic mass is 10.2. The first-order valence-electron chi connectivity index (χ1n) is 5.55. The quantitative estimate of drug-likeness (QED) is 0.873. The van der Waals surface area contributed by atoms with E-state index in [2.05, 4.69) is 15.0 Å². The second-order valence-electron chi connectivity index (χ2n) is 3.66. The predicted molar refractivity (Wildman–Crippen MR) is 74.1 cm³/mol. The van der Waals surface area contributed by atoms with Gasteiger partial charge >= 0.3 is 6.61 Å². The third kappa shape index (κ3) is 3.94. The zero-order chi connectivity index (χ0) is 14.5. The van der Waals surface area contributed by atoms with Gasteiger partial charge in [-0.1, -0.05) is 11.6 Å². The molecule has 0 atom stereocenters. The largest absolute Gasteiger partial charge is 0.493 e. The van der Waals surface area contributed by atoms with Gasteiger partial charge in [0.2, 0.25) is 0 Å². The van der Waals surface area contributed by atoms with Gasteiger partial charge in [0.25, 0.3) is 0 Å². The molecular weight excluding hydrogens is 310 g/mol. The number of alkyl halides is 2. The molecule has 0 unspecified atom stereocenters. The van der Waals surface area contributed by atoms with Crippen LogP contribution in [0.25, 0.3) is 0 Å². The van der Waals surface area contributed by atoms with Gasteiger partial charge < -0.3 is 14.8 Å². The van der Waals surface area contributed by atoms with Gasteiger partial charge in [-0.3, -0.25) is 0 Å². The van der Waals surface area contributed by atoms with Gasteiger partial charge in [-0.25, -0.2) is 4.98 Å². The van der Waals surface area contributed by atoms with Crippen molar-refractivity contribution in [2.24, 2.45) is 0 Å². The molecule has 0 radical (unpaired) electrons. The smallest absolute Gasteiger partial charge is 0.387 e. The van der Waals surface area contributed by atoms with Crippen LogP contribution in [-0.2, 0) is 6.54 Å². The minimum Gasteiger partial charge on any atom is -0.493 e. The summed E-state index contributed by atoms with van der Waals surface area (Å²) in [7, 11) is 1.39. The van der Waals surface area contributed by atoms with E-state index < -0.39 is 6.61 Å². The Bertz CT molecular complexity index is 580. The maximum Gasteiger partial charge on any atom is 0.387 e. The highest BCUT2D eigenvalue weighted by Crippen LogP contribution is 2.31. The molecule has 2 aromatic rings. The number of aromatic nitrogens is 1. The molecule has 0 saturated heterocycles. The molecule has 1 aromatic carbocycles. The predicted octanol–water partition coefficient (Wildman–Crippen LogP) is 4.02. The summed E-state index contributed by atoms with van der Waals surface area (Å²) in [5.74, 6) is 0.220. The van der Waals surface area contributed by atoms with Gasteiger partial charge in [0, 0.05) is 11.8 Å². The first kappa shape index (κ1) is 14.8. The van der Waals surface area contributed by atoms with Gasteiger partial charge in [0.05, 0.1) is 19.9 Å². The van der Waals surface area contributed by atoms with Crippen LogP contribution < -0.4 is 14.8 Å². The number of benzene rings is 1. The Morgan fingerprint density at radius 3 is 2.80 bits per heavy atom. The summed E-state index contributed by atoms with van der Waals surface area (Å²) >= 11 is 7.12. The minimum absolute atomic E-state index is 0.0235. The average molecular weight is 321 g/mol. The number of nitrogens with zero attached hydrogens (tertiary/aromatic N) is 1. The Morgan fingerprint density at radius 1 is 1.40 bits per heavy atom. The SMILES string of the molecule is COc1ccc(NCc2ncc(Cl)s2)cc1OC(F)F. The summed E-state index contributed by atoms with van der Waals surface area (Å²) in [6, 6.07) is 4.70. The first-order chi connectivity index (χ1) is 9.58. The number of ether oxygens (including phenoxy) is 2. The van der Waals surface area contributed by atoms with Crippen molar-refractivity contribution in [1.82, 2.24) is 4.98 Å². The van der Waals surface area contributed by atoms with Crippen LogP contribution in [0.1, 0.15) is 5.01 Å². The van der Waals surface area contributed by atoms with E-state index in [9.17, 15) is 8.78 Å². The number of anilines is 1. The molecule has 0 aliphatic rings. The molecule has 0 bridgehead atoms. The fraction of sp³-hybridized carbons (Fsp3) is 0.250. The monoisotopic (exact) mass is 320 g/mol. The van der Waals surface area contributed by atoms with Crippen molar-refractivity contribution in [2.45, 2.75) is 13.2 Å². The number of thiazole rings is 1. The summed E-state index contributed by atoms with van der Waals surface area (Å²) in [5, 5.41) is 3.84. The number of halogens is 3. The number of rotatable bonds is 6. The van der Waals surface area contributed by atoms with E-state index in [4.69, 9.17) is 16.3 Å². The lowest BCUT2D eigenvalue weighted by molar-refractivity contribution is -0.0511. The number of hydrogen-bond donors (Lipinski definition) is 1. The number of nitrogens with one attached hydrogen (secondary N) is 1. The molecule has 1 N–H and O–H groups in total. The molecule has 0 saturated carbocycles. The molecule has 4 nitrogen and oxygen atoms in total. The Labute approximate surface area is 123 Å². The van der Waals surface area contributed by atoms with Gasteiger partial charge in [0.15, 0.2) is 11.5 Å². The maximum atomic E-state index is 12.3. The van der Waals surface area contributed by atoms with E-state index >= 15 is 0 Å². The first-order valence-corrected chi connectivity index (χ1v) is 6.75. The maximum absolute atomic E-state index is 12.3. The molecule has 0 aliphatic carbocycles. The zero-order valence-electron chi connectivity index (χ0n) is 10.4. The molecule has 0 fully saturated rings. The van der Waals surface area contributed by atoms with Crippen LogP contribution in [-0.4, -0.2) is 18.7 Å². The van der Waals surface area contributed by atoms with Crippen molar-refractivity contribution in [2.75, 3.05) is 12.4 Å². The van der Waals surface area contributed by atoms with Crippen LogP contribution in [0, 0.1) is 0 Å². The average Bonchev–Trinajstić information content (AvgIpc) is 2.82. The molecular formula is C12H11ClF2N2O2S. The summed E-state index contributed by atoms with van der Waals surface area (Å²) in [6.07, 6.45) is 1.56. The van der Waals surface area contributed by atoms with E-state index in [1.165, 1.54) is 24.5 Å². The molecule has 0 amide bonds. The van der Waals surface area contributed by atoms with E-state index in [1.54, 1.807) is 18.3 Å². The summed E-state index contributed by atoms with van der Waals surface area (Å²) in [4.78, 5) is 4.08. The summed E-state index contributed by atoms with van der Waals surface area (Å²) in [6.45, 7) is -2.46. The highest BCUT2D eigenvalue weighted by atomic mass is 35.5. The lowest BCUT2D eigenvalue weighted by Crippen LogP contribution is -2.05. The Kier molecular flexibility index (Phi) is 4.97. The molecule has 8 heteroatoms. The van der Waals surface area contributed by atoms with Gasteiger partial charge in [-0.15, -0.1) is 11.3 Å². The van der Waals surface area contributed by atoms with E-state index in [0.29, 0.717) is 16.6 Å². The van der Waals surface area contributed by atoms with Crippen LogP contribution >= 0.6 is 22.9 Å². The summed E-state index contributed by atoms with van der Waals surface area (Å²) in [5.41, 5.74) is 0.618. The van der Waals surface area contributed by atoms with Crippen LogP contribution in [0.15, 0.2) is 24.4 Å². The Morgan fingerprint density at radius 2 is 2.20 bits per heavy atom. The third-order valence-electron chi connectivity index (χ3n) is 2.35. The van der Waals surface area contributed by atoms with E-state index in [1.807, 2.05) is 0 Å². The highest BCUT2D eigenvalue weighted by Gasteiger charge is 2.11.